The number of nitrogens with zero attached hydrogens (tertiary/aromatic N) is 1. The maximum atomic E-state index is 12.5. The third-order valence-electron chi connectivity index (χ3n) is 4.42. The molecular weight excluding hydrogens is 368 g/mol. The predicted molar refractivity (Wildman–Crippen MR) is 103 cm³/mol. The van der Waals surface area contributed by atoms with E-state index in [1.165, 1.54) is 11.3 Å². The molecule has 4 nitrogen and oxygen atoms in total. The Morgan fingerprint density at radius 2 is 1.81 bits per heavy atom. The lowest BCUT2D eigenvalue weighted by Gasteiger charge is -2.20. The third-order valence-corrected chi connectivity index (χ3v) is 5.73. The van der Waals surface area contributed by atoms with Gasteiger partial charge in [0.15, 0.2) is 10.9 Å². The zero-order valence-electron chi connectivity index (χ0n) is 13.7. The molecule has 0 bridgehead atoms. The van der Waals surface area contributed by atoms with E-state index < -0.39 is 0 Å². The van der Waals surface area contributed by atoms with Crippen molar-refractivity contribution in [3.63, 3.8) is 0 Å². The highest BCUT2D eigenvalue weighted by molar-refractivity contribution is 7.17. The highest BCUT2D eigenvalue weighted by Gasteiger charge is 2.30. The van der Waals surface area contributed by atoms with Crippen LogP contribution in [-0.4, -0.2) is 16.7 Å². The summed E-state index contributed by atoms with van der Waals surface area (Å²) in [5, 5.41) is 3.81. The second-order valence-corrected chi connectivity index (χ2v) is 7.63. The van der Waals surface area contributed by atoms with Crippen LogP contribution in [0.3, 0.4) is 0 Å². The van der Waals surface area contributed by atoms with Gasteiger partial charge in [-0.3, -0.25) is 14.9 Å². The molecule has 2 aromatic carbocycles. The Labute approximate surface area is 159 Å². The van der Waals surface area contributed by atoms with E-state index in [1.807, 2.05) is 30.3 Å². The third kappa shape index (κ3) is 3.41. The van der Waals surface area contributed by atoms with Gasteiger partial charge in [0.05, 0.1) is 10.6 Å². The molecule has 0 unspecified atom stereocenters. The summed E-state index contributed by atoms with van der Waals surface area (Å²) in [5.41, 5.74) is 2.41. The minimum absolute atomic E-state index is 0.0876. The number of fused-ring (bicyclic) bond motifs is 1. The fourth-order valence-corrected chi connectivity index (χ4v) is 4.18. The summed E-state index contributed by atoms with van der Waals surface area (Å²) in [6.07, 6.45) is 1.18. The van der Waals surface area contributed by atoms with Gasteiger partial charge >= 0.3 is 0 Å². The Kier molecular flexibility index (Phi) is 4.57. The molecule has 26 heavy (non-hydrogen) atoms. The Morgan fingerprint density at radius 3 is 2.54 bits per heavy atom. The topological polar surface area (TPSA) is 59.1 Å². The van der Waals surface area contributed by atoms with Gasteiger partial charge in [-0.15, -0.1) is 0 Å². The number of hydrogen-bond donors (Lipinski definition) is 1. The zero-order chi connectivity index (χ0) is 18.1. The van der Waals surface area contributed by atoms with Crippen LogP contribution in [0.15, 0.2) is 54.6 Å². The Balaban J connectivity index is 1.54. The Morgan fingerprint density at radius 1 is 1.08 bits per heavy atom. The molecule has 1 aliphatic rings. The van der Waals surface area contributed by atoms with Gasteiger partial charge in [-0.2, -0.15) is 0 Å². The smallest absolute Gasteiger partial charge is 0.257 e. The summed E-state index contributed by atoms with van der Waals surface area (Å²) in [7, 11) is 0. The number of carbonyl (C=O) groups is 2. The molecule has 1 aliphatic carbocycles. The van der Waals surface area contributed by atoms with Crippen LogP contribution in [0.25, 0.3) is 0 Å². The molecule has 4 rings (SSSR count). The molecule has 0 spiro atoms. The number of hydrogen-bond acceptors (Lipinski definition) is 4. The number of carbonyl (C=O) groups excluding carboxylic acids is 2. The van der Waals surface area contributed by atoms with Gasteiger partial charge in [0.1, 0.15) is 0 Å². The molecule has 0 saturated heterocycles. The van der Waals surface area contributed by atoms with Crippen molar-refractivity contribution in [3.8, 4) is 0 Å². The molecule has 1 atom stereocenters. The second-order valence-electron chi connectivity index (χ2n) is 6.19. The number of aromatic nitrogens is 1. The van der Waals surface area contributed by atoms with Crippen LogP contribution in [0.1, 0.15) is 43.6 Å². The van der Waals surface area contributed by atoms with Gasteiger partial charge in [-0.1, -0.05) is 53.3 Å². The summed E-state index contributed by atoms with van der Waals surface area (Å²) >= 11 is 7.09. The molecule has 1 aromatic heterocycles. The van der Waals surface area contributed by atoms with E-state index in [0.29, 0.717) is 33.4 Å². The molecule has 1 heterocycles. The number of nitrogens with one attached hydrogen (secondary N) is 1. The van der Waals surface area contributed by atoms with Crippen molar-refractivity contribution in [2.24, 2.45) is 0 Å². The number of thiazole rings is 1. The summed E-state index contributed by atoms with van der Waals surface area (Å²) in [6, 6.07) is 16.6. The van der Waals surface area contributed by atoms with Crippen LogP contribution in [-0.2, 0) is 6.42 Å². The fraction of sp³-hybridized carbons (Fsp3) is 0.150. The van der Waals surface area contributed by atoms with Crippen molar-refractivity contribution >= 4 is 39.8 Å². The van der Waals surface area contributed by atoms with E-state index >= 15 is 0 Å². The van der Waals surface area contributed by atoms with E-state index in [9.17, 15) is 9.59 Å². The maximum absolute atomic E-state index is 12.5. The SMILES string of the molecule is O=C(Nc1nc2c(s1)C(=O)C[C@@H](c1ccccc1)C2)c1ccc(Cl)cc1. The standard InChI is InChI=1S/C20H15ClN2O2S/c21-15-8-6-13(7-9-15)19(25)23-20-22-16-10-14(11-17(24)18(16)26-20)12-4-2-1-3-5-12/h1-9,14H,10-11H2,(H,22,23,25)/t14-/m0/s1. The van der Waals surface area contributed by atoms with Crippen molar-refractivity contribution in [1.82, 2.24) is 4.98 Å². The lowest BCUT2D eigenvalue weighted by molar-refractivity contribution is 0.0967. The van der Waals surface area contributed by atoms with Gasteiger partial charge in [-0.25, -0.2) is 4.98 Å². The number of rotatable bonds is 3. The number of amides is 1. The number of ketones is 1. The summed E-state index contributed by atoms with van der Waals surface area (Å²) in [4.78, 5) is 30.0. The Hall–Kier alpha value is -2.50. The summed E-state index contributed by atoms with van der Waals surface area (Å²) in [5.74, 6) is -0.0393. The number of benzene rings is 2. The summed E-state index contributed by atoms with van der Waals surface area (Å²) in [6.45, 7) is 0. The van der Waals surface area contributed by atoms with Crippen molar-refractivity contribution in [1.29, 1.82) is 0 Å². The van der Waals surface area contributed by atoms with Crippen LogP contribution in [0.4, 0.5) is 5.13 Å². The summed E-state index contributed by atoms with van der Waals surface area (Å²) < 4.78 is 0. The maximum Gasteiger partial charge on any atom is 0.257 e. The van der Waals surface area contributed by atoms with Gasteiger partial charge in [0.25, 0.3) is 5.91 Å². The molecule has 1 N–H and O–H groups in total. The highest BCUT2D eigenvalue weighted by atomic mass is 35.5. The van der Waals surface area contributed by atoms with Crippen LogP contribution in [0.2, 0.25) is 5.02 Å². The predicted octanol–water partition coefficient (Wildman–Crippen LogP) is 4.96. The van der Waals surface area contributed by atoms with Gasteiger partial charge < -0.3 is 0 Å². The molecule has 0 aliphatic heterocycles. The Bertz CT molecular complexity index is 967. The van der Waals surface area contributed by atoms with Crippen molar-refractivity contribution in [3.05, 3.63) is 81.3 Å². The average molecular weight is 383 g/mol. The first-order valence-corrected chi connectivity index (χ1v) is 9.44. The van der Waals surface area contributed by atoms with Gasteiger partial charge in [-0.05, 0) is 42.2 Å². The van der Waals surface area contributed by atoms with Crippen LogP contribution in [0, 0.1) is 0 Å². The van der Waals surface area contributed by atoms with Crippen molar-refractivity contribution < 1.29 is 9.59 Å². The van der Waals surface area contributed by atoms with Crippen LogP contribution in [0.5, 0.6) is 0 Å². The molecule has 3 aromatic rings. The molecule has 1 amide bonds. The molecule has 130 valence electrons. The second kappa shape index (κ2) is 7.02. The number of anilines is 1. The molecule has 0 saturated carbocycles. The number of halogens is 1. The van der Waals surface area contributed by atoms with Crippen LogP contribution < -0.4 is 5.32 Å². The van der Waals surface area contributed by atoms with Gasteiger partial charge in [0, 0.05) is 17.0 Å². The normalized spacial score (nSPS) is 16.2. The molecule has 6 heteroatoms. The molecule has 0 radical (unpaired) electrons. The van der Waals surface area contributed by atoms with E-state index in [0.717, 1.165) is 11.3 Å². The minimum Gasteiger partial charge on any atom is -0.298 e. The van der Waals surface area contributed by atoms with Crippen LogP contribution >= 0.6 is 22.9 Å². The van der Waals surface area contributed by atoms with E-state index in [4.69, 9.17) is 11.6 Å². The lowest BCUT2D eigenvalue weighted by atomic mass is 9.85. The van der Waals surface area contributed by atoms with E-state index in [1.54, 1.807) is 24.3 Å². The quantitative estimate of drug-likeness (QED) is 0.696. The van der Waals surface area contributed by atoms with Gasteiger partial charge in [0.2, 0.25) is 0 Å². The lowest BCUT2D eigenvalue weighted by Crippen LogP contribution is -2.17. The monoisotopic (exact) mass is 382 g/mol. The van der Waals surface area contributed by atoms with Crippen molar-refractivity contribution in [2.75, 3.05) is 5.32 Å². The van der Waals surface area contributed by atoms with E-state index in [-0.39, 0.29) is 17.6 Å². The minimum atomic E-state index is -0.264. The first-order valence-electron chi connectivity index (χ1n) is 8.25. The average Bonchev–Trinajstić information content (AvgIpc) is 3.06. The molecule has 0 fully saturated rings. The number of Topliss-reactive ketones (excluding diaryl/α,β-unsaturated/α-hetero) is 1. The first-order chi connectivity index (χ1) is 12.6. The first kappa shape index (κ1) is 16.9. The molecular formula is C20H15ClN2O2S. The fourth-order valence-electron chi connectivity index (χ4n) is 3.11. The van der Waals surface area contributed by atoms with E-state index in [2.05, 4.69) is 10.3 Å². The van der Waals surface area contributed by atoms with Crippen molar-refractivity contribution in [2.45, 2.75) is 18.8 Å². The zero-order valence-corrected chi connectivity index (χ0v) is 15.3. The largest absolute Gasteiger partial charge is 0.298 e. The highest BCUT2D eigenvalue weighted by Crippen LogP contribution is 2.36.